The number of rotatable bonds is 4. The van der Waals surface area contributed by atoms with Crippen LogP contribution in [-0.4, -0.2) is 40.6 Å². The fraction of sp³-hybridized carbons (Fsp3) is 0.467. The maximum absolute atomic E-state index is 13.3. The molecule has 2 aliphatic rings. The maximum Gasteiger partial charge on any atom is 0.243 e. The predicted octanol–water partition coefficient (Wildman–Crippen LogP) is 1.93. The Labute approximate surface area is 134 Å². The van der Waals surface area contributed by atoms with Gasteiger partial charge in [0.2, 0.25) is 10.0 Å². The van der Waals surface area contributed by atoms with Crippen molar-refractivity contribution in [2.45, 2.75) is 36.1 Å². The van der Waals surface area contributed by atoms with Crippen molar-refractivity contribution in [3.05, 3.63) is 42.2 Å². The lowest BCUT2D eigenvalue weighted by Crippen LogP contribution is -2.29. The molecule has 1 aromatic heterocycles. The smallest absolute Gasteiger partial charge is 0.243 e. The Morgan fingerprint density at radius 3 is 2.78 bits per heavy atom. The first-order valence-corrected chi connectivity index (χ1v) is 9.15. The van der Waals surface area contributed by atoms with Gasteiger partial charge < -0.3 is 4.57 Å². The van der Waals surface area contributed by atoms with E-state index in [0.717, 1.165) is 24.7 Å². The minimum atomic E-state index is -3.66. The van der Waals surface area contributed by atoms with E-state index in [4.69, 9.17) is 0 Å². The molecule has 1 atom stereocenters. The Hall–Kier alpha value is -1.80. The highest BCUT2D eigenvalue weighted by Crippen LogP contribution is 2.40. The monoisotopic (exact) mass is 336 g/mol. The first-order valence-electron chi connectivity index (χ1n) is 7.71. The summed E-state index contributed by atoms with van der Waals surface area (Å²) in [4.78, 5) is 0.00400. The van der Waals surface area contributed by atoms with Crippen LogP contribution >= 0.6 is 0 Å². The van der Waals surface area contributed by atoms with Crippen LogP contribution < -0.4 is 0 Å². The second-order valence-corrected chi connectivity index (χ2v) is 8.07. The summed E-state index contributed by atoms with van der Waals surface area (Å²) in [6.07, 6.45) is 4.65. The molecule has 1 aliphatic heterocycles. The zero-order valence-electron chi connectivity index (χ0n) is 12.5. The van der Waals surface area contributed by atoms with Crippen LogP contribution in [0.5, 0.6) is 0 Å². The van der Waals surface area contributed by atoms with Gasteiger partial charge in [-0.2, -0.15) is 4.31 Å². The third-order valence-electron chi connectivity index (χ3n) is 4.50. The molecule has 1 aromatic carbocycles. The summed E-state index contributed by atoms with van der Waals surface area (Å²) in [5.41, 5.74) is 0. The van der Waals surface area contributed by atoms with Crippen molar-refractivity contribution in [1.82, 2.24) is 19.1 Å². The van der Waals surface area contributed by atoms with E-state index in [1.807, 2.05) is 4.57 Å². The van der Waals surface area contributed by atoms with E-state index < -0.39 is 15.8 Å². The number of sulfonamides is 1. The summed E-state index contributed by atoms with van der Waals surface area (Å²) in [6.45, 7) is 0.794. The topological polar surface area (TPSA) is 68.1 Å². The maximum atomic E-state index is 13.3. The summed E-state index contributed by atoms with van der Waals surface area (Å²) in [6, 6.07) is 5.20. The van der Waals surface area contributed by atoms with Crippen LogP contribution in [0.15, 0.2) is 35.5 Å². The van der Waals surface area contributed by atoms with E-state index in [1.165, 1.54) is 22.5 Å². The molecule has 1 saturated heterocycles. The van der Waals surface area contributed by atoms with Gasteiger partial charge in [0.15, 0.2) is 0 Å². The van der Waals surface area contributed by atoms with Crippen molar-refractivity contribution in [1.29, 1.82) is 0 Å². The Bertz CT molecular complexity index is 832. The van der Waals surface area contributed by atoms with Crippen LogP contribution in [-0.2, 0) is 10.0 Å². The first-order chi connectivity index (χ1) is 11.1. The van der Waals surface area contributed by atoms with Gasteiger partial charge in [0.1, 0.15) is 18.0 Å². The molecule has 0 radical (unpaired) electrons. The highest BCUT2D eigenvalue weighted by molar-refractivity contribution is 7.89. The SMILES string of the molecule is O=S(=O)(c1cccc(F)c1)N1CCC(n2cnnc2C2CC2)C1. The Kier molecular flexibility index (Phi) is 3.46. The summed E-state index contributed by atoms with van der Waals surface area (Å²) < 4.78 is 42.1. The second kappa shape index (κ2) is 5.38. The van der Waals surface area contributed by atoms with Gasteiger partial charge in [0, 0.05) is 19.0 Å². The van der Waals surface area contributed by atoms with E-state index in [2.05, 4.69) is 10.2 Å². The third-order valence-corrected chi connectivity index (χ3v) is 6.36. The van der Waals surface area contributed by atoms with Crippen LogP contribution in [0.1, 0.15) is 37.0 Å². The number of nitrogens with zero attached hydrogens (tertiary/aromatic N) is 4. The van der Waals surface area contributed by atoms with Gasteiger partial charge in [-0.25, -0.2) is 12.8 Å². The van der Waals surface area contributed by atoms with Gasteiger partial charge in [-0.15, -0.1) is 10.2 Å². The molecular formula is C15H17FN4O2S. The van der Waals surface area contributed by atoms with Crippen LogP contribution in [0, 0.1) is 5.82 Å². The lowest BCUT2D eigenvalue weighted by Gasteiger charge is -2.18. The average Bonchev–Trinajstić information content (AvgIpc) is 3.06. The van der Waals surface area contributed by atoms with Crippen molar-refractivity contribution in [3.63, 3.8) is 0 Å². The van der Waals surface area contributed by atoms with Gasteiger partial charge >= 0.3 is 0 Å². The van der Waals surface area contributed by atoms with Crippen LogP contribution in [0.2, 0.25) is 0 Å². The summed E-state index contributed by atoms with van der Waals surface area (Å²) >= 11 is 0. The molecule has 23 heavy (non-hydrogen) atoms. The fourth-order valence-corrected chi connectivity index (χ4v) is 4.62. The molecule has 0 spiro atoms. The molecule has 1 saturated carbocycles. The zero-order chi connectivity index (χ0) is 16.0. The van der Waals surface area contributed by atoms with E-state index >= 15 is 0 Å². The lowest BCUT2D eigenvalue weighted by atomic mass is 10.2. The third kappa shape index (κ3) is 2.66. The first kappa shape index (κ1) is 14.8. The standard InChI is InChI=1S/C15H17FN4O2S/c16-12-2-1-3-14(8-12)23(21,22)19-7-6-13(9-19)20-10-17-18-15(20)11-4-5-11/h1-3,8,10-11,13H,4-7,9H2. The molecule has 0 N–H and O–H groups in total. The van der Waals surface area contributed by atoms with Crippen molar-refractivity contribution in [2.75, 3.05) is 13.1 Å². The quantitative estimate of drug-likeness (QED) is 0.855. The number of halogens is 1. The fourth-order valence-electron chi connectivity index (χ4n) is 3.10. The number of hydrogen-bond donors (Lipinski definition) is 0. The van der Waals surface area contributed by atoms with Crippen molar-refractivity contribution in [3.8, 4) is 0 Å². The molecule has 0 bridgehead atoms. The normalized spacial score (nSPS) is 22.6. The molecule has 1 aliphatic carbocycles. The molecule has 6 nitrogen and oxygen atoms in total. The van der Waals surface area contributed by atoms with Crippen LogP contribution in [0.4, 0.5) is 4.39 Å². The van der Waals surface area contributed by atoms with Crippen LogP contribution in [0.3, 0.4) is 0 Å². The highest BCUT2D eigenvalue weighted by atomic mass is 32.2. The van der Waals surface area contributed by atoms with E-state index in [1.54, 1.807) is 6.33 Å². The van der Waals surface area contributed by atoms with Crippen molar-refractivity contribution >= 4 is 10.0 Å². The lowest BCUT2D eigenvalue weighted by molar-refractivity contribution is 0.446. The van der Waals surface area contributed by atoms with E-state index in [0.29, 0.717) is 25.4 Å². The zero-order valence-corrected chi connectivity index (χ0v) is 13.3. The van der Waals surface area contributed by atoms with Gasteiger partial charge in [-0.05, 0) is 37.5 Å². The highest BCUT2D eigenvalue weighted by Gasteiger charge is 2.36. The predicted molar refractivity (Wildman–Crippen MR) is 80.8 cm³/mol. The Morgan fingerprint density at radius 1 is 1.22 bits per heavy atom. The van der Waals surface area contributed by atoms with Gasteiger partial charge in [0.05, 0.1) is 10.9 Å². The number of aromatic nitrogens is 3. The minimum absolute atomic E-state index is 0.00400. The summed E-state index contributed by atoms with van der Waals surface area (Å²) in [5, 5.41) is 8.16. The summed E-state index contributed by atoms with van der Waals surface area (Å²) in [7, 11) is -3.66. The Balaban J connectivity index is 1.57. The molecule has 8 heteroatoms. The Morgan fingerprint density at radius 2 is 2.04 bits per heavy atom. The second-order valence-electron chi connectivity index (χ2n) is 6.13. The molecule has 122 valence electrons. The molecular weight excluding hydrogens is 319 g/mol. The molecule has 2 aromatic rings. The molecule has 2 heterocycles. The molecule has 1 unspecified atom stereocenters. The molecule has 4 rings (SSSR count). The molecule has 0 amide bonds. The van der Waals surface area contributed by atoms with Gasteiger partial charge in [-0.1, -0.05) is 6.07 Å². The van der Waals surface area contributed by atoms with Crippen molar-refractivity contribution in [2.24, 2.45) is 0 Å². The number of benzene rings is 1. The van der Waals surface area contributed by atoms with Crippen LogP contribution in [0.25, 0.3) is 0 Å². The number of hydrogen-bond acceptors (Lipinski definition) is 4. The van der Waals surface area contributed by atoms with E-state index in [-0.39, 0.29) is 10.9 Å². The van der Waals surface area contributed by atoms with E-state index in [9.17, 15) is 12.8 Å². The van der Waals surface area contributed by atoms with Gasteiger partial charge in [-0.3, -0.25) is 0 Å². The minimum Gasteiger partial charge on any atom is -0.313 e. The van der Waals surface area contributed by atoms with Crippen molar-refractivity contribution < 1.29 is 12.8 Å². The summed E-state index contributed by atoms with van der Waals surface area (Å²) in [5.74, 6) is 0.878. The largest absolute Gasteiger partial charge is 0.313 e. The average molecular weight is 336 g/mol. The molecule has 2 fully saturated rings. The van der Waals surface area contributed by atoms with Gasteiger partial charge in [0.25, 0.3) is 0 Å².